The normalized spacial score (nSPS) is 19.9. The van der Waals surface area contributed by atoms with Gasteiger partial charge in [-0.05, 0) is 30.9 Å². The number of carbonyl (C=O) groups excluding carboxylic acids is 1. The zero-order valence-electron chi connectivity index (χ0n) is 16.0. The van der Waals surface area contributed by atoms with Gasteiger partial charge in [0.2, 0.25) is 0 Å². The predicted octanol–water partition coefficient (Wildman–Crippen LogP) is 3.64. The summed E-state index contributed by atoms with van der Waals surface area (Å²) < 4.78 is 1.96. The third kappa shape index (κ3) is 3.42. The minimum absolute atomic E-state index is 0.0115. The molecule has 1 saturated heterocycles. The van der Waals surface area contributed by atoms with E-state index in [0.717, 1.165) is 21.5 Å². The molecule has 1 aromatic carbocycles. The topological polar surface area (TPSA) is 75.4 Å². The van der Waals surface area contributed by atoms with Gasteiger partial charge in [0, 0.05) is 18.5 Å². The van der Waals surface area contributed by atoms with Crippen LogP contribution >= 0.6 is 11.3 Å². The Kier molecular flexibility index (Phi) is 4.93. The summed E-state index contributed by atoms with van der Waals surface area (Å²) >= 11 is 1.47. The second-order valence-corrected chi connectivity index (χ2v) is 8.55. The lowest BCUT2D eigenvalue weighted by Gasteiger charge is -2.34. The van der Waals surface area contributed by atoms with Crippen LogP contribution < -0.4 is 0 Å². The van der Waals surface area contributed by atoms with Crippen LogP contribution in [0.4, 0.5) is 0 Å². The number of nitrogens with zero attached hydrogens (tertiary/aromatic N) is 3. The van der Waals surface area contributed by atoms with Gasteiger partial charge in [0.15, 0.2) is 0 Å². The third-order valence-corrected chi connectivity index (χ3v) is 6.64. The number of rotatable bonds is 4. The summed E-state index contributed by atoms with van der Waals surface area (Å²) in [5.74, 6) is -1.19. The highest BCUT2D eigenvalue weighted by molar-refractivity contribution is 7.20. The van der Waals surface area contributed by atoms with Crippen molar-refractivity contribution in [1.82, 2.24) is 14.7 Å². The van der Waals surface area contributed by atoms with Crippen LogP contribution in [-0.2, 0) is 11.3 Å². The lowest BCUT2D eigenvalue weighted by Crippen LogP contribution is -2.44. The number of hydrogen-bond acceptors (Lipinski definition) is 4. The summed E-state index contributed by atoms with van der Waals surface area (Å²) in [6.07, 6.45) is 0.508. The fourth-order valence-electron chi connectivity index (χ4n) is 3.93. The molecule has 1 aliphatic rings. The van der Waals surface area contributed by atoms with E-state index < -0.39 is 5.97 Å². The summed E-state index contributed by atoms with van der Waals surface area (Å²) in [4.78, 5) is 27.8. The highest BCUT2D eigenvalue weighted by Crippen LogP contribution is 2.31. The maximum atomic E-state index is 13.0. The molecule has 0 bridgehead atoms. The molecule has 2 atom stereocenters. The molecule has 6 nitrogen and oxygen atoms in total. The van der Waals surface area contributed by atoms with E-state index in [4.69, 9.17) is 0 Å². The first-order chi connectivity index (χ1) is 13.4. The fourth-order valence-corrected chi connectivity index (χ4v) is 5.06. The van der Waals surface area contributed by atoms with Crippen LogP contribution in [0.2, 0.25) is 0 Å². The smallest absolute Gasteiger partial charge is 0.306 e. The summed E-state index contributed by atoms with van der Waals surface area (Å²) in [6, 6.07) is 12.1. The van der Waals surface area contributed by atoms with Crippen molar-refractivity contribution in [3.05, 3.63) is 52.5 Å². The lowest BCUT2D eigenvalue weighted by atomic mass is 9.87. The monoisotopic (exact) mass is 397 g/mol. The van der Waals surface area contributed by atoms with E-state index in [-0.39, 0.29) is 17.7 Å². The number of fused-ring (bicyclic) bond motifs is 1. The number of carboxylic acids is 1. The van der Waals surface area contributed by atoms with Crippen molar-refractivity contribution in [3.8, 4) is 0 Å². The molecular weight excluding hydrogens is 374 g/mol. The Bertz CT molecular complexity index is 1020. The Labute approximate surface area is 167 Å². The van der Waals surface area contributed by atoms with Gasteiger partial charge in [0.1, 0.15) is 4.83 Å². The molecule has 0 spiro atoms. The molecule has 3 aromatic rings. The van der Waals surface area contributed by atoms with Gasteiger partial charge in [-0.15, -0.1) is 11.3 Å². The van der Waals surface area contributed by atoms with Gasteiger partial charge in [0.25, 0.3) is 5.91 Å². The van der Waals surface area contributed by atoms with Crippen molar-refractivity contribution in [1.29, 1.82) is 0 Å². The Morgan fingerprint density at radius 2 is 2.04 bits per heavy atom. The molecule has 2 aromatic heterocycles. The standard InChI is InChI=1S/C21H23N3O3S/c1-13-11-23(9-8-16(13)21(26)27)19(25)18-10-17-14(2)22-24(20(17)28-18)12-15-6-4-3-5-7-15/h3-7,10,13,16H,8-9,11-12H2,1-2H3,(H,26,27). The number of benzene rings is 1. The molecule has 146 valence electrons. The van der Waals surface area contributed by atoms with Crippen LogP contribution in [0.1, 0.15) is 34.3 Å². The van der Waals surface area contributed by atoms with Crippen molar-refractivity contribution in [2.24, 2.45) is 11.8 Å². The molecule has 4 rings (SSSR count). The molecular formula is C21H23N3O3S. The highest BCUT2D eigenvalue weighted by Gasteiger charge is 2.34. The number of thiophene rings is 1. The average Bonchev–Trinajstić information content (AvgIpc) is 3.23. The van der Waals surface area contributed by atoms with Gasteiger partial charge >= 0.3 is 5.97 Å². The predicted molar refractivity (Wildman–Crippen MR) is 109 cm³/mol. The van der Waals surface area contributed by atoms with E-state index in [9.17, 15) is 14.7 Å². The van der Waals surface area contributed by atoms with Gasteiger partial charge in [0.05, 0.1) is 23.0 Å². The molecule has 0 saturated carbocycles. The van der Waals surface area contributed by atoms with Gasteiger partial charge in [-0.2, -0.15) is 5.10 Å². The molecule has 1 fully saturated rings. The number of aromatic nitrogens is 2. The average molecular weight is 398 g/mol. The summed E-state index contributed by atoms with van der Waals surface area (Å²) in [6.45, 7) is 5.51. The highest BCUT2D eigenvalue weighted by atomic mass is 32.1. The number of likely N-dealkylation sites (tertiary alicyclic amines) is 1. The van der Waals surface area contributed by atoms with Crippen LogP contribution in [0.5, 0.6) is 0 Å². The number of carboxylic acid groups (broad SMARTS) is 1. The lowest BCUT2D eigenvalue weighted by molar-refractivity contribution is -0.145. The minimum atomic E-state index is -0.766. The molecule has 1 amide bonds. The SMILES string of the molecule is Cc1nn(Cc2ccccc2)c2sc(C(=O)N3CCC(C(=O)O)C(C)C3)cc12. The van der Waals surface area contributed by atoms with Crippen molar-refractivity contribution < 1.29 is 14.7 Å². The van der Waals surface area contributed by atoms with Crippen LogP contribution in [0.25, 0.3) is 10.2 Å². The summed E-state index contributed by atoms with van der Waals surface area (Å²) in [7, 11) is 0. The second-order valence-electron chi connectivity index (χ2n) is 7.52. The van der Waals surface area contributed by atoms with Crippen molar-refractivity contribution in [2.45, 2.75) is 26.8 Å². The third-order valence-electron chi connectivity index (χ3n) is 5.50. The van der Waals surface area contributed by atoms with Gasteiger partial charge < -0.3 is 10.0 Å². The molecule has 1 N–H and O–H groups in total. The molecule has 0 radical (unpaired) electrons. The van der Waals surface area contributed by atoms with E-state index in [1.54, 1.807) is 4.90 Å². The fraction of sp³-hybridized carbons (Fsp3) is 0.381. The second kappa shape index (κ2) is 7.39. The summed E-state index contributed by atoms with van der Waals surface area (Å²) in [5.41, 5.74) is 2.08. The van der Waals surface area contributed by atoms with E-state index in [1.807, 2.05) is 42.8 Å². The van der Waals surface area contributed by atoms with Crippen LogP contribution in [0.3, 0.4) is 0 Å². The van der Waals surface area contributed by atoms with E-state index in [1.165, 1.54) is 11.3 Å². The quantitative estimate of drug-likeness (QED) is 0.729. The minimum Gasteiger partial charge on any atom is -0.481 e. The molecule has 0 aliphatic carbocycles. The van der Waals surface area contributed by atoms with Crippen molar-refractivity contribution in [3.63, 3.8) is 0 Å². The van der Waals surface area contributed by atoms with Crippen molar-refractivity contribution in [2.75, 3.05) is 13.1 Å². The van der Waals surface area contributed by atoms with Crippen LogP contribution in [0, 0.1) is 18.8 Å². The van der Waals surface area contributed by atoms with E-state index in [2.05, 4.69) is 17.2 Å². The zero-order chi connectivity index (χ0) is 19.8. The van der Waals surface area contributed by atoms with Crippen molar-refractivity contribution >= 4 is 33.4 Å². The maximum Gasteiger partial charge on any atom is 0.306 e. The number of hydrogen-bond donors (Lipinski definition) is 1. The molecule has 7 heteroatoms. The maximum absolute atomic E-state index is 13.0. The number of piperidine rings is 1. The van der Waals surface area contributed by atoms with Crippen LogP contribution in [0.15, 0.2) is 36.4 Å². The number of carbonyl (C=O) groups is 2. The van der Waals surface area contributed by atoms with Gasteiger partial charge in [-0.1, -0.05) is 37.3 Å². The zero-order valence-corrected chi connectivity index (χ0v) is 16.8. The first-order valence-electron chi connectivity index (χ1n) is 9.47. The number of aryl methyl sites for hydroxylation is 1. The van der Waals surface area contributed by atoms with Gasteiger partial charge in [-0.3, -0.25) is 14.3 Å². The Morgan fingerprint density at radius 3 is 2.71 bits per heavy atom. The Morgan fingerprint density at radius 1 is 1.29 bits per heavy atom. The summed E-state index contributed by atoms with van der Waals surface area (Å²) in [5, 5.41) is 14.9. The first kappa shape index (κ1) is 18.7. The Balaban J connectivity index is 1.57. The van der Waals surface area contributed by atoms with E-state index >= 15 is 0 Å². The number of aliphatic carboxylic acids is 1. The molecule has 3 heterocycles. The molecule has 28 heavy (non-hydrogen) atoms. The largest absolute Gasteiger partial charge is 0.481 e. The Hall–Kier alpha value is -2.67. The first-order valence-corrected chi connectivity index (χ1v) is 10.3. The van der Waals surface area contributed by atoms with E-state index in [0.29, 0.717) is 30.9 Å². The van der Waals surface area contributed by atoms with Crippen LogP contribution in [-0.4, -0.2) is 44.8 Å². The molecule has 1 aliphatic heterocycles. The molecule has 2 unspecified atom stereocenters. The van der Waals surface area contributed by atoms with Gasteiger partial charge in [-0.25, -0.2) is 0 Å². The number of amides is 1.